The van der Waals surface area contributed by atoms with Gasteiger partial charge in [0.15, 0.2) is 5.78 Å². The summed E-state index contributed by atoms with van der Waals surface area (Å²) in [4.78, 5) is 37.3. The van der Waals surface area contributed by atoms with Gasteiger partial charge >= 0.3 is 0 Å². The zero-order chi connectivity index (χ0) is 18.1. The molecule has 2 N–H and O–H groups in total. The standard InChI is InChI=1S/C20H18N2O3/c1-11-8-9-15(12(2)10-11)21-19(24)17(13(3)23)18-14-6-4-5-7-16(14)22-20(18)25/h4-10H,1-3H3,(H,21,24)(H,22,25)/b18-17+. The van der Waals surface area contributed by atoms with E-state index >= 15 is 0 Å². The van der Waals surface area contributed by atoms with Crippen LogP contribution in [0.2, 0.25) is 0 Å². The zero-order valence-electron chi connectivity index (χ0n) is 14.3. The Morgan fingerprint density at radius 2 is 1.76 bits per heavy atom. The number of fused-ring (bicyclic) bond motifs is 1. The van der Waals surface area contributed by atoms with Gasteiger partial charge in [-0.2, -0.15) is 0 Å². The van der Waals surface area contributed by atoms with Gasteiger partial charge in [-0.15, -0.1) is 0 Å². The molecule has 1 heterocycles. The predicted octanol–water partition coefficient (Wildman–Crippen LogP) is 3.24. The SMILES string of the molecule is CC(=O)/C(C(=O)Nc1ccc(C)cc1C)=C1\C(=O)Nc2ccccc21. The lowest BCUT2D eigenvalue weighted by atomic mass is 9.97. The fourth-order valence-electron chi connectivity index (χ4n) is 2.95. The average Bonchev–Trinajstić information content (AvgIpc) is 2.86. The average molecular weight is 334 g/mol. The van der Waals surface area contributed by atoms with Crippen LogP contribution in [0.15, 0.2) is 48.0 Å². The van der Waals surface area contributed by atoms with E-state index in [0.29, 0.717) is 16.9 Å². The molecular weight excluding hydrogens is 316 g/mol. The normalized spacial score (nSPS) is 14.6. The highest BCUT2D eigenvalue weighted by molar-refractivity contribution is 6.42. The molecule has 2 amide bonds. The molecule has 0 radical (unpaired) electrons. The molecule has 0 saturated heterocycles. The second-order valence-electron chi connectivity index (χ2n) is 6.08. The van der Waals surface area contributed by atoms with E-state index in [-0.39, 0.29) is 11.1 Å². The third-order valence-corrected chi connectivity index (χ3v) is 4.13. The number of nitrogens with one attached hydrogen (secondary N) is 2. The van der Waals surface area contributed by atoms with Crippen LogP contribution in [-0.2, 0) is 14.4 Å². The second-order valence-corrected chi connectivity index (χ2v) is 6.08. The number of anilines is 2. The Balaban J connectivity index is 2.06. The molecule has 5 nitrogen and oxygen atoms in total. The molecule has 0 saturated carbocycles. The van der Waals surface area contributed by atoms with Crippen molar-refractivity contribution in [2.75, 3.05) is 10.6 Å². The molecule has 0 bridgehead atoms. The monoisotopic (exact) mass is 334 g/mol. The topological polar surface area (TPSA) is 75.3 Å². The van der Waals surface area contributed by atoms with Crippen LogP contribution >= 0.6 is 0 Å². The molecule has 1 aliphatic heterocycles. The highest BCUT2D eigenvalue weighted by Gasteiger charge is 2.32. The highest BCUT2D eigenvalue weighted by atomic mass is 16.2. The van der Waals surface area contributed by atoms with Crippen LogP contribution in [0, 0.1) is 13.8 Å². The first-order chi connectivity index (χ1) is 11.9. The molecule has 2 aromatic carbocycles. The zero-order valence-corrected chi connectivity index (χ0v) is 14.3. The maximum absolute atomic E-state index is 12.8. The van der Waals surface area contributed by atoms with Gasteiger partial charge in [0.1, 0.15) is 0 Å². The van der Waals surface area contributed by atoms with Crippen LogP contribution in [0.5, 0.6) is 0 Å². The van der Waals surface area contributed by atoms with Gasteiger partial charge in [-0.1, -0.05) is 35.9 Å². The van der Waals surface area contributed by atoms with E-state index in [4.69, 9.17) is 0 Å². The van der Waals surface area contributed by atoms with Gasteiger partial charge in [0.2, 0.25) is 0 Å². The summed E-state index contributed by atoms with van der Waals surface area (Å²) in [6, 6.07) is 12.6. The summed E-state index contributed by atoms with van der Waals surface area (Å²) in [5.74, 6) is -1.48. The lowest BCUT2D eigenvalue weighted by Crippen LogP contribution is -2.23. The van der Waals surface area contributed by atoms with E-state index in [1.165, 1.54) is 6.92 Å². The molecule has 0 aliphatic carbocycles. The number of aryl methyl sites for hydroxylation is 2. The molecule has 2 aromatic rings. The molecule has 5 heteroatoms. The Bertz CT molecular complexity index is 942. The molecular formula is C20H18N2O3. The van der Waals surface area contributed by atoms with Gasteiger partial charge in [0.05, 0.1) is 11.1 Å². The van der Waals surface area contributed by atoms with Crippen molar-refractivity contribution < 1.29 is 14.4 Å². The van der Waals surface area contributed by atoms with Crippen molar-refractivity contribution in [2.24, 2.45) is 0 Å². The Hall–Kier alpha value is -3.21. The number of para-hydroxylation sites is 1. The number of amides is 2. The second kappa shape index (κ2) is 6.36. The largest absolute Gasteiger partial charge is 0.322 e. The lowest BCUT2D eigenvalue weighted by molar-refractivity contribution is -0.119. The maximum Gasteiger partial charge on any atom is 0.260 e. The van der Waals surface area contributed by atoms with Gasteiger partial charge in [-0.3, -0.25) is 14.4 Å². The number of hydrogen-bond acceptors (Lipinski definition) is 3. The maximum atomic E-state index is 12.8. The minimum absolute atomic E-state index is 0.116. The third-order valence-electron chi connectivity index (χ3n) is 4.13. The van der Waals surface area contributed by atoms with Crippen LogP contribution in [0.25, 0.3) is 5.57 Å². The minimum atomic E-state index is -0.582. The molecule has 0 unspecified atom stereocenters. The van der Waals surface area contributed by atoms with Crippen LogP contribution in [-0.4, -0.2) is 17.6 Å². The van der Waals surface area contributed by atoms with E-state index in [0.717, 1.165) is 11.1 Å². The van der Waals surface area contributed by atoms with E-state index < -0.39 is 17.6 Å². The van der Waals surface area contributed by atoms with Crippen molar-refractivity contribution in [3.8, 4) is 0 Å². The van der Waals surface area contributed by atoms with Gasteiger partial charge in [-0.05, 0) is 38.5 Å². The van der Waals surface area contributed by atoms with E-state index in [9.17, 15) is 14.4 Å². The number of carbonyl (C=O) groups excluding carboxylic acids is 3. The summed E-state index contributed by atoms with van der Waals surface area (Å²) in [5, 5.41) is 5.44. The third kappa shape index (κ3) is 3.08. The van der Waals surface area contributed by atoms with Crippen molar-refractivity contribution in [2.45, 2.75) is 20.8 Å². The summed E-state index contributed by atoms with van der Waals surface area (Å²) in [5.41, 5.74) is 3.71. The fourth-order valence-corrected chi connectivity index (χ4v) is 2.95. The van der Waals surface area contributed by atoms with Gasteiger partial charge in [0, 0.05) is 16.9 Å². The Morgan fingerprint density at radius 1 is 1.04 bits per heavy atom. The van der Waals surface area contributed by atoms with Crippen LogP contribution in [0.4, 0.5) is 11.4 Å². The van der Waals surface area contributed by atoms with Crippen molar-refractivity contribution in [3.63, 3.8) is 0 Å². The summed E-state index contributed by atoms with van der Waals surface area (Å²) < 4.78 is 0. The number of Topliss-reactive ketones (excluding diaryl/α,β-unsaturated/α-hetero) is 1. The number of benzene rings is 2. The first kappa shape index (κ1) is 16.6. The summed E-state index contributed by atoms with van der Waals surface area (Å²) in [6.07, 6.45) is 0. The van der Waals surface area contributed by atoms with E-state index in [1.54, 1.807) is 30.3 Å². The Kier molecular flexibility index (Phi) is 4.23. The summed E-state index contributed by atoms with van der Waals surface area (Å²) in [6.45, 7) is 5.13. The van der Waals surface area contributed by atoms with Crippen molar-refractivity contribution in [3.05, 3.63) is 64.7 Å². The van der Waals surface area contributed by atoms with E-state index in [1.807, 2.05) is 26.0 Å². The summed E-state index contributed by atoms with van der Waals surface area (Å²) in [7, 11) is 0. The first-order valence-corrected chi connectivity index (χ1v) is 7.93. The van der Waals surface area contributed by atoms with Crippen molar-refractivity contribution >= 4 is 34.5 Å². The van der Waals surface area contributed by atoms with Gasteiger partial charge in [-0.25, -0.2) is 0 Å². The smallest absolute Gasteiger partial charge is 0.260 e. The quantitative estimate of drug-likeness (QED) is 0.514. The lowest BCUT2D eigenvalue weighted by Gasteiger charge is -2.12. The van der Waals surface area contributed by atoms with Crippen LogP contribution in [0.1, 0.15) is 23.6 Å². The Morgan fingerprint density at radius 3 is 2.44 bits per heavy atom. The molecule has 0 aromatic heterocycles. The number of carbonyl (C=O) groups is 3. The highest BCUT2D eigenvalue weighted by Crippen LogP contribution is 2.34. The molecule has 0 spiro atoms. The predicted molar refractivity (Wildman–Crippen MR) is 97.2 cm³/mol. The fraction of sp³-hybridized carbons (Fsp3) is 0.150. The Labute approximate surface area is 145 Å². The van der Waals surface area contributed by atoms with Gasteiger partial charge in [0.25, 0.3) is 11.8 Å². The van der Waals surface area contributed by atoms with Crippen LogP contribution in [0.3, 0.4) is 0 Å². The number of hydrogen-bond donors (Lipinski definition) is 2. The molecule has 0 fully saturated rings. The van der Waals surface area contributed by atoms with Crippen molar-refractivity contribution in [1.82, 2.24) is 0 Å². The minimum Gasteiger partial charge on any atom is -0.322 e. The molecule has 25 heavy (non-hydrogen) atoms. The first-order valence-electron chi connectivity index (χ1n) is 7.93. The molecule has 1 aliphatic rings. The number of rotatable bonds is 3. The van der Waals surface area contributed by atoms with Crippen LogP contribution < -0.4 is 10.6 Å². The summed E-state index contributed by atoms with van der Waals surface area (Å²) >= 11 is 0. The molecule has 3 rings (SSSR count). The van der Waals surface area contributed by atoms with E-state index in [2.05, 4.69) is 10.6 Å². The van der Waals surface area contributed by atoms with Gasteiger partial charge < -0.3 is 10.6 Å². The molecule has 0 atom stereocenters. The van der Waals surface area contributed by atoms with Crippen molar-refractivity contribution in [1.29, 1.82) is 0 Å². The number of ketones is 1. The molecule has 126 valence electrons.